The Bertz CT molecular complexity index is 581. The van der Waals surface area contributed by atoms with Gasteiger partial charge >= 0.3 is 0 Å². The minimum atomic E-state index is 0.410. The van der Waals surface area contributed by atoms with Crippen LogP contribution in [0.3, 0.4) is 0 Å². The molecule has 0 spiro atoms. The van der Waals surface area contributed by atoms with Crippen molar-refractivity contribution >= 4 is 23.2 Å². The number of rotatable bonds is 6. The molecule has 0 aliphatic carbocycles. The molecule has 108 valence electrons. The number of halogens is 2. The van der Waals surface area contributed by atoms with E-state index >= 15 is 0 Å². The van der Waals surface area contributed by atoms with E-state index in [0.29, 0.717) is 23.1 Å². The van der Waals surface area contributed by atoms with E-state index in [2.05, 4.69) is 17.2 Å². The second-order valence-corrected chi connectivity index (χ2v) is 5.53. The molecule has 1 aromatic carbocycles. The fraction of sp³-hybridized carbons (Fsp3) is 0.429. The molecule has 20 heavy (non-hydrogen) atoms. The van der Waals surface area contributed by atoms with Gasteiger partial charge in [-0.25, -0.2) is 4.68 Å². The van der Waals surface area contributed by atoms with Gasteiger partial charge in [0.25, 0.3) is 0 Å². The van der Waals surface area contributed by atoms with Crippen LogP contribution in [0.4, 0.5) is 0 Å². The average Bonchev–Trinajstić information content (AvgIpc) is 2.81. The van der Waals surface area contributed by atoms with Crippen LogP contribution < -0.4 is 5.73 Å². The van der Waals surface area contributed by atoms with E-state index in [1.165, 1.54) is 0 Å². The van der Waals surface area contributed by atoms with Crippen LogP contribution in [0.15, 0.2) is 18.2 Å². The molecule has 0 radical (unpaired) electrons. The van der Waals surface area contributed by atoms with Crippen molar-refractivity contribution in [3.8, 4) is 0 Å². The van der Waals surface area contributed by atoms with Crippen molar-refractivity contribution in [1.82, 2.24) is 15.0 Å². The fourth-order valence-electron chi connectivity index (χ4n) is 2.08. The molecule has 0 amide bonds. The van der Waals surface area contributed by atoms with Gasteiger partial charge in [0.05, 0.1) is 17.9 Å². The van der Waals surface area contributed by atoms with Crippen LogP contribution in [0, 0.1) is 0 Å². The zero-order chi connectivity index (χ0) is 14.5. The highest BCUT2D eigenvalue weighted by atomic mass is 35.5. The van der Waals surface area contributed by atoms with Crippen LogP contribution in [0.25, 0.3) is 0 Å². The summed E-state index contributed by atoms with van der Waals surface area (Å²) in [6.45, 7) is 3.15. The van der Waals surface area contributed by atoms with Crippen molar-refractivity contribution in [3.63, 3.8) is 0 Å². The lowest BCUT2D eigenvalue weighted by atomic mass is 10.1. The first kappa shape index (κ1) is 15.3. The lowest BCUT2D eigenvalue weighted by Crippen LogP contribution is -2.09. The summed E-state index contributed by atoms with van der Waals surface area (Å²) in [5.41, 5.74) is 8.66. The molecule has 0 fully saturated rings. The van der Waals surface area contributed by atoms with Gasteiger partial charge < -0.3 is 5.73 Å². The van der Waals surface area contributed by atoms with Crippen LogP contribution in [-0.2, 0) is 19.5 Å². The summed E-state index contributed by atoms with van der Waals surface area (Å²) in [5, 5.41) is 9.62. The smallest absolute Gasteiger partial charge is 0.0994 e. The molecule has 2 aromatic rings. The lowest BCUT2D eigenvalue weighted by molar-refractivity contribution is 0.606. The molecule has 1 aromatic heterocycles. The molecule has 1 heterocycles. The first-order chi connectivity index (χ1) is 9.65. The third-order valence-corrected chi connectivity index (χ3v) is 3.80. The Morgan fingerprint density at radius 2 is 2.10 bits per heavy atom. The molecule has 0 saturated heterocycles. The Labute approximate surface area is 128 Å². The lowest BCUT2D eigenvalue weighted by Gasteiger charge is -2.09. The zero-order valence-corrected chi connectivity index (χ0v) is 13.0. The largest absolute Gasteiger partial charge is 0.325 e. The van der Waals surface area contributed by atoms with Gasteiger partial charge in [-0.2, -0.15) is 0 Å². The number of hydrogen-bond acceptors (Lipinski definition) is 3. The summed E-state index contributed by atoms with van der Waals surface area (Å²) < 4.78 is 1.88. The highest BCUT2D eigenvalue weighted by Crippen LogP contribution is 2.22. The van der Waals surface area contributed by atoms with E-state index in [1.807, 2.05) is 16.8 Å². The second-order valence-electron chi connectivity index (χ2n) is 4.68. The molecule has 0 bridgehead atoms. The fourth-order valence-corrected chi connectivity index (χ4v) is 2.55. The standard InChI is InChI=1S/C14H18Cl2N4/c1-2-3-4-14-13(8-17)18-19-20(14)9-10-5-6-11(15)7-12(10)16/h5-7H,2-4,8-9,17H2,1H3. The Hall–Kier alpha value is -1.10. The van der Waals surface area contributed by atoms with E-state index in [0.717, 1.165) is 36.2 Å². The van der Waals surface area contributed by atoms with E-state index in [1.54, 1.807) is 6.07 Å². The number of nitrogens with two attached hydrogens (primary N) is 1. The molecule has 0 aliphatic heterocycles. The van der Waals surface area contributed by atoms with Crippen LogP contribution in [-0.4, -0.2) is 15.0 Å². The minimum absolute atomic E-state index is 0.410. The van der Waals surface area contributed by atoms with Crippen molar-refractivity contribution in [2.24, 2.45) is 5.73 Å². The molecular weight excluding hydrogens is 295 g/mol. The Kier molecular flexibility index (Phi) is 5.40. The number of hydrogen-bond donors (Lipinski definition) is 1. The highest BCUT2D eigenvalue weighted by Gasteiger charge is 2.12. The summed E-state index contributed by atoms with van der Waals surface area (Å²) >= 11 is 12.1. The Morgan fingerprint density at radius 3 is 2.75 bits per heavy atom. The van der Waals surface area contributed by atoms with Gasteiger partial charge in [0, 0.05) is 16.6 Å². The molecule has 2 N–H and O–H groups in total. The quantitative estimate of drug-likeness (QED) is 0.889. The summed E-state index contributed by atoms with van der Waals surface area (Å²) in [7, 11) is 0. The number of unbranched alkanes of at least 4 members (excludes halogenated alkanes) is 1. The van der Waals surface area contributed by atoms with E-state index in [9.17, 15) is 0 Å². The maximum atomic E-state index is 6.21. The number of benzene rings is 1. The van der Waals surface area contributed by atoms with Gasteiger partial charge in [-0.05, 0) is 30.5 Å². The zero-order valence-electron chi connectivity index (χ0n) is 11.4. The van der Waals surface area contributed by atoms with Crippen molar-refractivity contribution in [3.05, 3.63) is 45.2 Å². The van der Waals surface area contributed by atoms with Crippen molar-refractivity contribution in [2.75, 3.05) is 0 Å². The third kappa shape index (κ3) is 3.51. The predicted molar refractivity (Wildman–Crippen MR) is 82.1 cm³/mol. The molecule has 4 nitrogen and oxygen atoms in total. The second kappa shape index (κ2) is 7.07. The van der Waals surface area contributed by atoms with Crippen LogP contribution >= 0.6 is 23.2 Å². The van der Waals surface area contributed by atoms with Gasteiger partial charge in [0.1, 0.15) is 0 Å². The van der Waals surface area contributed by atoms with Crippen LogP contribution in [0.1, 0.15) is 36.7 Å². The van der Waals surface area contributed by atoms with Crippen LogP contribution in [0.2, 0.25) is 10.0 Å². The molecule has 0 atom stereocenters. The SMILES string of the molecule is CCCCc1c(CN)nnn1Cc1ccc(Cl)cc1Cl. The molecule has 6 heteroatoms. The summed E-state index contributed by atoms with van der Waals surface area (Å²) in [6.07, 6.45) is 3.15. The van der Waals surface area contributed by atoms with Crippen LogP contribution in [0.5, 0.6) is 0 Å². The third-order valence-electron chi connectivity index (χ3n) is 3.21. The topological polar surface area (TPSA) is 56.7 Å². The van der Waals surface area contributed by atoms with Gasteiger partial charge in [-0.15, -0.1) is 5.10 Å². The molecule has 0 aliphatic rings. The first-order valence-electron chi connectivity index (χ1n) is 6.71. The van der Waals surface area contributed by atoms with Gasteiger partial charge in [0.2, 0.25) is 0 Å². The molecule has 0 saturated carbocycles. The molecule has 0 unspecified atom stereocenters. The maximum absolute atomic E-state index is 6.21. The minimum Gasteiger partial charge on any atom is -0.325 e. The van der Waals surface area contributed by atoms with E-state index < -0.39 is 0 Å². The molecule has 2 rings (SSSR count). The Balaban J connectivity index is 2.26. The average molecular weight is 313 g/mol. The highest BCUT2D eigenvalue weighted by molar-refractivity contribution is 6.35. The van der Waals surface area contributed by atoms with Crippen molar-refractivity contribution in [2.45, 2.75) is 39.3 Å². The Morgan fingerprint density at radius 1 is 1.30 bits per heavy atom. The van der Waals surface area contributed by atoms with E-state index in [-0.39, 0.29) is 0 Å². The van der Waals surface area contributed by atoms with Gasteiger partial charge in [-0.3, -0.25) is 0 Å². The summed E-state index contributed by atoms with van der Waals surface area (Å²) in [6, 6.07) is 5.48. The van der Waals surface area contributed by atoms with Gasteiger partial charge in [-0.1, -0.05) is 47.8 Å². The predicted octanol–water partition coefficient (Wildman–Crippen LogP) is 3.43. The number of nitrogens with zero attached hydrogens (tertiary/aromatic N) is 3. The van der Waals surface area contributed by atoms with Crippen molar-refractivity contribution in [1.29, 1.82) is 0 Å². The molecular formula is C14H18Cl2N4. The summed E-state index contributed by atoms with van der Waals surface area (Å²) in [4.78, 5) is 0. The number of aromatic nitrogens is 3. The van der Waals surface area contributed by atoms with Crippen molar-refractivity contribution < 1.29 is 0 Å². The monoisotopic (exact) mass is 312 g/mol. The normalized spacial score (nSPS) is 11.0. The first-order valence-corrected chi connectivity index (χ1v) is 7.46. The van der Waals surface area contributed by atoms with Gasteiger partial charge in [0.15, 0.2) is 0 Å². The van der Waals surface area contributed by atoms with E-state index in [4.69, 9.17) is 28.9 Å². The summed E-state index contributed by atoms with van der Waals surface area (Å²) in [5.74, 6) is 0. The maximum Gasteiger partial charge on any atom is 0.0994 e.